The monoisotopic (exact) mass is 402 g/mol. The van der Waals surface area contributed by atoms with Crippen LogP contribution in [0.5, 0.6) is 5.75 Å². The minimum absolute atomic E-state index is 0.0217. The lowest BCUT2D eigenvalue weighted by atomic mass is 9.43. The van der Waals surface area contributed by atoms with Gasteiger partial charge in [-0.15, -0.1) is 0 Å². The van der Waals surface area contributed by atoms with Crippen molar-refractivity contribution in [2.75, 3.05) is 0 Å². The third-order valence-electron chi connectivity index (χ3n) is 8.73. The summed E-state index contributed by atoms with van der Waals surface area (Å²) in [6.07, 6.45) is 5.19. The maximum absolute atomic E-state index is 12.3. The van der Waals surface area contributed by atoms with E-state index in [0.717, 1.165) is 36.1 Å². The Morgan fingerprint density at radius 2 is 1.96 bits per heavy atom. The number of hydrogen-bond acceptors (Lipinski definition) is 3. The summed E-state index contributed by atoms with van der Waals surface area (Å²) in [5, 5.41) is 3.61. The molecule has 1 aromatic carbocycles. The highest BCUT2D eigenvalue weighted by Gasteiger charge is 2.67. The maximum atomic E-state index is 12.3. The van der Waals surface area contributed by atoms with Gasteiger partial charge in [-0.1, -0.05) is 39.3 Å². The molecule has 0 aromatic heterocycles. The van der Waals surface area contributed by atoms with Crippen LogP contribution in [-0.2, 0) is 13.0 Å². The topological polar surface area (TPSA) is 64.3 Å². The zero-order valence-electron chi connectivity index (χ0n) is 17.3. The Morgan fingerprint density at radius 3 is 2.71 bits per heavy atom. The molecule has 2 saturated carbocycles. The fraction of sp³-hybridized carbons (Fsp3) is 0.696. The van der Waals surface area contributed by atoms with Gasteiger partial charge in [-0.05, 0) is 43.1 Å². The lowest BCUT2D eigenvalue weighted by Crippen LogP contribution is -2.71. The van der Waals surface area contributed by atoms with Crippen LogP contribution in [0.1, 0.15) is 74.9 Å². The second-order valence-corrected chi connectivity index (χ2v) is 11.1. The molecule has 5 unspecified atom stereocenters. The quantitative estimate of drug-likeness (QED) is 0.673. The Labute approximate surface area is 172 Å². The molecule has 1 aromatic rings. The van der Waals surface area contributed by atoms with Gasteiger partial charge >= 0.3 is 0 Å². The van der Waals surface area contributed by atoms with E-state index in [1.54, 1.807) is 0 Å². The van der Waals surface area contributed by atoms with Crippen molar-refractivity contribution >= 4 is 17.5 Å². The minimum Gasteiger partial charge on any atom is -0.486 e. The van der Waals surface area contributed by atoms with Crippen LogP contribution in [0.4, 0.5) is 0 Å². The molecule has 152 valence electrons. The molecule has 2 aliphatic carbocycles. The number of carbonyl (C=O) groups is 1. The molecule has 5 rings (SSSR count). The molecule has 1 spiro atoms. The molecule has 2 aliphatic heterocycles. The van der Waals surface area contributed by atoms with Crippen LogP contribution < -0.4 is 15.8 Å². The normalized spacial score (nSPS) is 40.5. The molecule has 2 heterocycles. The molecule has 28 heavy (non-hydrogen) atoms. The van der Waals surface area contributed by atoms with Crippen LogP contribution in [0.25, 0.3) is 0 Å². The van der Waals surface area contributed by atoms with Gasteiger partial charge in [0.15, 0.2) is 0 Å². The van der Waals surface area contributed by atoms with Gasteiger partial charge in [0.05, 0.1) is 0 Å². The highest BCUT2D eigenvalue weighted by atomic mass is 35.5. The van der Waals surface area contributed by atoms with Gasteiger partial charge in [-0.25, -0.2) is 0 Å². The molecule has 4 aliphatic rings. The average Bonchev–Trinajstić information content (AvgIpc) is 2.95. The number of amides is 1. The Kier molecular flexibility index (Phi) is 3.79. The molecular weight excluding hydrogens is 372 g/mol. The molecule has 1 amide bonds. The lowest BCUT2D eigenvalue weighted by Gasteiger charge is -2.67. The summed E-state index contributed by atoms with van der Waals surface area (Å²) < 4.78 is 7.12. The average molecular weight is 403 g/mol. The van der Waals surface area contributed by atoms with E-state index >= 15 is 0 Å². The first-order valence-corrected chi connectivity index (χ1v) is 11.0. The van der Waals surface area contributed by atoms with Crippen LogP contribution in [0.2, 0.25) is 5.02 Å². The first-order chi connectivity index (χ1) is 13.1. The van der Waals surface area contributed by atoms with Crippen molar-refractivity contribution in [3.63, 3.8) is 0 Å². The predicted molar refractivity (Wildman–Crippen MR) is 111 cm³/mol. The van der Waals surface area contributed by atoms with Gasteiger partial charge in [-0.2, -0.15) is 0 Å². The van der Waals surface area contributed by atoms with Crippen molar-refractivity contribution in [1.29, 1.82) is 0 Å². The van der Waals surface area contributed by atoms with Gasteiger partial charge in [-0.3, -0.25) is 4.79 Å². The third-order valence-corrected chi connectivity index (χ3v) is 9.07. The van der Waals surface area contributed by atoms with Crippen LogP contribution >= 0.6 is 11.6 Å². The van der Waals surface area contributed by atoms with Crippen molar-refractivity contribution in [1.82, 2.24) is 5.32 Å². The number of fused-ring (bicyclic) bond motifs is 3. The number of hydrogen-bond donors (Lipinski definition) is 2. The smallest absolute Gasteiger partial charge is 0.252 e. The number of nitrogens with two attached hydrogens (primary N) is 1. The molecule has 4 nitrogen and oxygen atoms in total. The van der Waals surface area contributed by atoms with Gasteiger partial charge < -0.3 is 15.8 Å². The summed E-state index contributed by atoms with van der Waals surface area (Å²) in [7, 11) is 0. The van der Waals surface area contributed by atoms with Crippen molar-refractivity contribution < 1.29 is 9.53 Å². The van der Waals surface area contributed by atoms with Crippen molar-refractivity contribution in [2.45, 2.75) is 78.0 Å². The standard InChI is InChI=1S/C23H31ClN2O2/c1-12-5-6-18-21(2,3)8-13(25)9-23(18)22(12,4)10-15-17(24)7-14-16(19(15)28-23)11-26-20(14)27/h7,12-13,18H,5-6,8-11,25H2,1-4H3,(H,26,27). The second kappa shape index (κ2) is 5.66. The fourth-order valence-electron chi connectivity index (χ4n) is 7.21. The van der Waals surface area contributed by atoms with E-state index in [2.05, 4.69) is 33.0 Å². The first-order valence-electron chi connectivity index (χ1n) is 10.7. The number of halogens is 1. The van der Waals surface area contributed by atoms with Gasteiger partial charge in [0.25, 0.3) is 5.91 Å². The summed E-state index contributed by atoms with van der Waals surface area (Å²) in [6.45, 7) is 10.0. The van der Waals surface area contributed by atoms with Crippen LogP contribution in [0.15, 0.2) is 6.07 Å². The second-order valence-electron chi connectivity index (χ2n) is 10.6. The molecule has 5 heteroatoms. The highest BCUT2D eigenvalue weighted by Crippen LogP contribution is 2.66. The zero-order valence-corrected chi connectivity index (χ0v) is 18.1. The number of rotatable bonds is 0. The van der Waals surface area contributed by atoms with Crippen molar-refractivity contribution in [2.24, 2.45) is 28.4 Å². The molecular formula is C23H31ClN2O2. The first kappa shape index (κ1) is 18.7. The largest absolute Gasteiger partial charge is 0.486 e. The van der Waals surface area contributed by atoms with Gasteiger partial charge in [0.1, 0.15) is 11.4 Å². The maximum Gasteiger partial charge on any atom is 0.252 e. The van der Waals surface area contributed by atoms with Gasteiger partial charge in [0.2, 0.25) is 0 Å². The molecule has 2 fully saturated rings. The number of benzene rings is 1. The fourth-order valence-corrected chi connectivity index (χ4v) is 7.47. The Balaban J connectivity index is 1.75. The molecule has 3 N–H and O–H groups in total. The molecule has 0 radical (unpaired) electrons. The van der Waals surface area contributed by atoms with Crippen LogP contribution in [0.3, 0.4) is 0 Å². The van der Waals surface area contributed by atoms with E-state index in [1.165, 1.54) is 12.8 Å². The van der Waals surface area contributed by atoms with Gasteiger partial charge in [0, 0.05) is 52.1 Å². The summed E-state index contributed by atoms with van der Waals surface area (Å²) in [5.74, 6) is 1.79. The van der Waals surface area contributed by atoms with Crippen LogP contribution in [-0.4, -0.2) is 17.6 Å². The van der Waals surface area contributed by atoms with E-state index in [0.29, 0.717) is 29.0 Å². The van der Waals surface area contributed by atoms with E-state index in [9.17, 15) is 4.79 Å². The summed E-state index contributed by atoms with van der Waals surface area (Å²) in [4.78, 5) is 12.3. The van der Waals surface area contributed by atoms with E-state index in [4.69, 9.17) is 22.1 Å². The summed E-state index contributed by atoms with van der Waals surface area (Å²) >= 11 is 6.70. The molecule has 0 saturated heterocycles. The summed E-state index contributed by atoms with van der Waals surface area (Å²) in [6, 6.07) is 1.97. The van der Waals surface area contributed by atoms with Crippen molar-refractivity contribution in [3.05, 3.63) is 27.8 Å². The molecule has 0 bridgehead atoms. The Hall–Kier alpha value is -1.26. The molecule has 5 atom stereocenters. The number of nitrogens with one attached hydrogen (secondary N) is 1. The Morgan fingerprint density at radius 1 is 1.21 bits per heavy atom. The highest BCUT2D eigenvalue weighted by molar-refractivity contribution is 6.32. The number of ether oxygens (including phenoxy) is 1. The van der Waals surface area contributed by atoms with Crippen LogP contribution in [0, 0.1) is 22.7 Å². The van der Waals surface area contributed by atoms with Crippen molar-refractivity contribution in [3.8, 4) is 5.75 Å². The zero-order chi connectivity index (χ0) is 20.1. The summed E-state index contributed by atoms with van der Waals surface area (Å²) in [5.41, 5.74) is 9.17. The van der Waals surface area contributed by atoms with E-state index < -0.39 is 0 Å². The number of carbonyl (C=O) groups excluding carboxylic acids is 1. The minimum atomic E-state index is -0.303. The Bertz CT molecular complexity index is 882. The SMILES string of the molecule is CC1CCC2C(C)(C)CC(N)CC23Oc2c(c(Cl)cc4c2CNC4=O)CC13C. The lowest BCUT2D eigenvalue weighted by molar-refractivity contribution is -0.213. The van der Waals surface area contributed by atoms with E-state index in [1.807, 2.05) is 6.07 Å². The van der Waals surface area contributed by atoms with E-state index in [-0.39, 0.29) is 28.4 Å². The third kappa shape index (κ3) is 2.19. The predicted octanol–water partition coefficient (Wildman–Crippen LogP) is 4.46.